The van der Waals surface area contributed by atoms with Crippen molar-refractivity contribution in [2.24, 2.45) is 0 Å². The van der Waals surface area contributed by atoms with E-state index in [1.54, 1.807) is 0 Å². The molecular weight excluding hydrogens is 720 g/mol. The van der Waals surface area contributed by atoms with E-state index in [4.69, 9.17) is 0 Å². The number of hydrogen-bond acceptors (Lipinski definition) is 0. The van der Waals surface area contributed by atoms with Gasteiger partial charge in [0.1, 0.15) is 0 Å². The van der Waals surface area contributed by atoms with Crippen LogP contribution in [0.15, 0.2) is 0 Å². The third-order valence-electron chi connectivity index (χ3n) is 0. The molecule has 0 aliphatic carbocycles. The number of rotatable bonds is 0. The van der Waals surface area contributed by atoms with E-state index >= 15 is 0 Å². The first-order valence-electron chi connectivity index (χ1n) is 0.717. The van der Waals surface area contributed by atoms with Crippen LogP contribution in [0.25, 0.3) is 0 Å². The van der Waals surface area contributed by atoms with Gasteiger partial charge in [-0.05, 0) is 0 Å². The van der Waals surface area contributed by atoms with Crippen LogP contribution in [0.4, 0.5) is 0 Å². The largest absolute Gasteiger partial charge is 1.00 e. The molecular formula is Br6Na2Pt. The Bertz CT molecular complexity index is 69.6. The van der Waals surface area contributed by atoms with Crippen LogP contribution >= 0.6 is 79.8 Å². The van der Waals surface area contributed by atoms with Crippen LogP contribution < -0.4 is 59.1 Å². The van der Waals surface area contributed by atoms with Crippen molar-refractivity contribution in [3.63, 3.8) is 0 Å². The first-order valence-corrected chi connectivity index (χ1v) is 30.5. The molecule has 0 aromatic heterocycles. The minimum absolute atomic E-state index is 0. The second kappa shape index (κ2) is 5.07. The van der Waals surface area contributed by atoms with Gasteiger partial charge in [0.25, 0.3) is 0 Å². The standard InChI is InChI=1S/6BrH.2Na.Pt/h6*1H;;;/q;;;;;;2*+1;+4/p-6. The molecule has 0 unspecified atom stereocenters. The van der Waals surface area contributed by atoms with Crippen LogP contribution in [0.1, 0.15) is 0 Å². The van der Waals surface area contributed by atoms with Gasteiger partial charge in [-0.2, -0.15) is 0 Å². The summed E-state index contributed by atoms with van der Waals surface area (Å²) in [6, 6.07) is 0. The van der Waals surface area contributed by atoms with Crippen molar-refractivity contribution in [1.29, 1.82) is 0 Å². The Morgan fingerprint density at radius 3 is 0.556 bits per heavy atom. The molecule has 0 N–H and O–H groups in total. The minimum Gasteiger partial charge on any atom is 1.00 e. The van der Waals surface area contributed by atoms with Crippen molar-refractivity contribution >= 4 is 79.8 Å². The molecule has 54 valence electrons. The van der Waals surface area contributed by atoms with E-state index in [-0.39, 0.29) is 59.1 Å². The van der Waals surface area contributed by atoms with Gasteiger partial charge in [0.2, 0.25) is 0 Å². The fraction of sp³-hybridized carbons (Fsp3) is 0. The van der Waals surface area contributed by atoms with Crippen LogP contribution in [0.2, 0.25) is 0 Å². The first kappa shape index (κ1) is 20.0. The number of hydrogen-bond donors (Lipinski definition) is 0. The summed E-state index contributed by atoms with van der Waals surface area (Å²) in [4.78, 5) is 0. The van der Waals surface area contributed by atoms with Gasteiger partial charge in [-0.25, -0.2) is 0 Å². The van der Waals surface area contributed by atoms with Gasteiger partial charge in [0, 0.05) is 0 Å². The summed E-state index contributed by atoms with van der Waals surface area (Å²) < 4.78 is -3.25. The molecule has 0 saturated carbocycles. The van der Waals surface area contributed by atoms with Crippen LogP contribution in [0, 0.1) is 0 Å². The second-order valence-electron chi connectivity index (χ2n) is 0.678. The molecule has 0 rings (SSSR count). The third kappa shape index (κ3) is 58.6. The molecule has 0 radical (unpaired) electrons. The summed E-state index contributed by atoms with van der Waals surface area (Å²) in [6.07, 6.45) is 0. The SMILES string of the molecule is [Br][Pt-2]([Br])([Br])([Br])([Br])[Br].[Na+].[Na+]. The zero-order chi connectivity index (χ0) is 6.41. The van der Waals surface area contributed by atoms with Crippen molar-refractivity contribution in [1.82, 2.24) is 0 Å². The van der Waals surface area contributed by atoms with Crippen LogP contribution in [-0.2, 0) is 1.22 Å². The van der Waals surface area contributed by atoms with Gasteiger partial charge in [0.15, 0.2) is 0 Å². The summed E-state index contributed by atoms with van der Waals surface area (Å²) in [7, 11) is 0. The van der Waals surface area contributed by atoms with Crippen LogP contribution in [0.3, 0.4) is 0 Å². The zero-order valence-electron chi connectivity index (χ0n) is 4.58. The van der Waals surface area contributed by atoms with Crippen LogP contribution in [-0.4, -0.2) is 0 Å². The molecule has 9 heteroatoms. The Morgan fingerprint density at radius 1 is 0.556 bits per heavy atom. The fourth-order valence-corrected chi connectivity index (χ4v) is 0. The Morgan fingerprint density at radius 2 is 0.556 bits per heavy atom. The zero-order valence-corrected chi connectivity index (χ0v) is 20.4. The summed E-state index contributed by atoms with van der Waals surface area (Å²) in [5.41, 5.74) is 0. The third-order valence-corrected chi connectivity index (χ3v) is 0. The maximum absolute atomic E-state index is 3.35. The predicted octanol–water partition coefficient (Wildman–Crippen LogP) is -0.921. The first-order chi connectivity index (χ1) is 2.45. The van der Waals surface area contributed by atoms with Gasteiger partial charge in [0.05, 0.1) is 0 Å². The molecule has 0 amide bonds. The van der Waals surface area contributed by atoms with E-state index in [0.29, 0.717) is 0 Å². The Labute approximate surface area is 136 Å². The number of halogens is 6. The average molecular weight is 720 g/mol. The molecule has 0 aromatic carbocycles. The Kier molecular flexibility index (Phi) is 11.3. The molecule has 0 fully saturated rings. The summed E-state index contributed by atoms with van der Waals surface area (Å²) in [5.74, 6) is 0. The van der Waals surface area contributed by atoms with Crippen molar-refractivity contribution in [2.75, 3.05) is 0 Å². The molecule has 0 aliphatic rings. The van der Waals surface area contributed by atoms with E-state index in [9.17, 15) is 0 Å². The van der Waals surface area contributed by atoms with Gasteiger partial charge in [-0.1, -0.05) is 0 Å². The summed E-state index contributed by atoms with van der Waals surface area (Å²) in [6.45, 7) is 0. The van der Waals surface area contributed by atoms with Crippen molar-refractivity contribution in [3.05, 3.63) is 0 Å². The van der Waals surface area contributed by atoms with E-state index < -0.39 is 1.22 Å². The maximum atomic E-state index is 3.35. The molecule has 9 heavy (non-hydrogen) atoms. The molecule has 0 nitrogen and oxygen atoms in total. The van der Waals surface area contributed by atoms with Gasteiger partial charge < -0.3 is 0 Å². The minimum atomic E-state index is -3.25. The molecule has 0 aliphatic heterocycles. The van der Waals surface area contributed by atoms with Gasteiger partial charge in [-0.3, -0.25) is 0 Å². The summed E-state index contributed by atoms with van der Waals surface area (Å²) in [5, 5.41) is 0. The summed E-state index contributed by atoms with van der Waals surface area (Å²) >= 11 is 20.1. The monoisotopic (exact) mass is 714 g/mol. The van der Waals surface area contributed by atoms with E-state index in [2.05, 4.69) is 79.8 Å². The topological polar surface area (TPSA) is 0 Å². The molecule has 0 atom stereocenters. The predicted molar refractivity (Wildman–Crippen MR) is 53.6 cm³/mol. The smallest absolute Gasteiger partial charge is 1.00 e. The van der Waals surface area contributed by atoms with Crippen molar-refractivity contribution in [2.45, 2.75) is 0 Å². The molecule has 0 heterocycles. The maximum Gasteiger partial charge on any atom is 1.00 e. The van der Waals surface area contributed by atoms with Gasteiger partial charge >= 0.3 is 140 Å². The normalized spacial score (nSPS) is 18.0. The Hall–Kier alpha value is 5.57. The van der Waals surface area contributed by atoms with Crippen LogP contribution in [0.5, 0.6) is 0 Å². The second-order valence-corrected chi connectivity index (χ2v) is 150. The van der Waals surface area contributed by atoms with E-state index in [1.807, 2.05) is 0 Å². The molecule has 0 bridgehead atoms. The van der Waals surface area contributed by atoms with Crippen molar-refractivity contribution in [3.8, 4) is 0 Å². The Balaban J connectivity index is -0.000000180. The average Bonchev–Trinajstić information content (AvgIpc) is 0.592. The molecule has 0 aromatic rings. The van der Waals surface area contributed by atoms with E-state index in [0.717, 1.165) is 0 Å². The molecule has 0 spiro atoms. The van der Waals surface area contributed by atoms with Crippen molar-refractivity contribution < 1.29 is 60.3 Å². The fourth-order valence-electron chi connectivity index (χ4n) is 0. The molecule has 0 saturated heterocycles. The quantitative estimate of drug-likeness (QED) is 0.285. The van der Waals surface area contributed by atoms with Gasteiger partial charge in [-0.15, -0.1) is 0 Å². The van der Waals surface area contributed by atoms with E-state index in [1.165, 1.54) is 0 Å².